The molecule has 0 aromatic carbocycles. The fourth-order valence-corrected chi connectivity index (χ4v) is 0.724. The lowest BCUT2D eigenvalue weighted by atomic mass is 9.86. The van der Waals surface area contributed by atoms with Crippen LogP contribution in [0, 0.1) is 5.41 Å². The molecule has 2 nitrogen and oxygen atoms in total. The molecular weight excluding hydrogens is 116 g/mol. The van der Waals surface area contributed by atoms with Crippen molar-refractivity contribution in [3.8, 4) is 0 Å². The zero-order chi connectivity index (χ0) is 7.65. The van der Waals surface area contributed by atoms with Gasteiger partial charge in [0.25, 0.3) is 0 Å². The molecule has 0 spiro atoms. The molecule has 2 heteroatoms. The Morgan fingerprint density at radius 1 is 1.11 bits per heavy atom. The molecule has 0 saturated carbocycles. The van der Waals surface area contributed by atoms with E-state index in [-0.39, 0.29) is 5.41 Å². The lowest BCUT2D eigenvalue weighted by Gasteiger charge is -2.27. The minimum Gasteiger partial charge on any atom is -0.391 e. The number of aliphatic hydroxyl groups excluding tert-OH is 2. The predicted molar refractivity (Wildman–Crippen MR) is 37.1 cm³/mol. The van der Waals surface area contributed by atoms with Crippen LogP contribution < -0.4 is 0 Å². The molecule has 9 heavy (non-hydrogen) atoms. The van der Waals surface area contributed by atoms with E-state index in [2.05, 4.69) is 0 Å². The molecule has 0 amide bonds. The van der Waals surface area contributed by atoms with Crippen molar-refractivity contribution in [2.24, 2.45) is 5.41 Å². The molecule has 0 aromatic rings. The Morgan fingerprint density at radius 2 is 1.44 bits per heavy atom. The highest BCUT2D eigenvalue weighted by atomic mass is 16.3. The summed E-state index contributed by atoms with van der Waals surface area (Å²) in [5, 5.41) is 18.1. The normalized spacial score (nSPS) is 19.3. The average Bonchev–Trinajstić information content (AvgIpc) is 1.62. The molecule has 0 heterocycles. The third-order valence-electron chi connectivity index (χ3n) is 1.34. The fourth-order valence-electron chi connectivity index (χ4n) is 0.724. The second kappa shape index (κ2) is 2.67. The van der Waals surface area contributed by atoms with E-state index in [1.165, 1.54) is 0 Å². The van der Waals surface area contributed by atoms with Crippen molar-refractivity contribution in [1.82, 2.24) is 0 Å². The summed E-state index contributed by atoms with van der Waals surface area (Å²) in [5.74, 6) is 0. The lowest BCUT2D eigenvalue weighted by Crippen LogP contribution is -2.35. The van der Waals surface area contributed by atoms with E-state index in [0.717, 1.165) is 0 Å². The first-order chi connectivity index (χ1) is 3.85. The molecule has 0 aliphatic heterocycles. The van der Waals surface area contributed by atoms with Gasteiger partial charge in [0, 0.05) is 0 Å². The molecule has 0 rings (SSSR count). The molecule has 0 fully saturated rings. The van der Waals surface area contributed by atoms with E-state index in [0.29, 0.717) is 0 Å². The maximum Gasteiger partial charge on any atom is 0.0844 e. The quantitative estimate of drug-likeness (QED) is 0.553. The summed E-state index contributed by atoms with van der Waals surface area (Å²) in [6.45, 7) is 7.27. The van der Waals surface area contributed by atoms with Crippen LogP contribution >= 0.6 is 0 Å². The van der Waals surface area contributed by atoms with Gasteiger partial charge in [-0.05, 0) is 12.3 Å². The minimum absolute atomic E-state index is 0.214. The highest BCUT2D eigenvalue weighted by Gasteiger charge is 2.25. The van der Waals surface area contributed by atoms with Gasteiger partial charge in [-0.3, -0.25) is 0 Å². The summed E-state index contributed by atoms with van der Waals surface area (Å²) in [7, 11) is 0. The van der Waals surface area contributed by atoms with Gasteiger partial charge in [-0.1, -0.05) is 20.8 Å². The molecule has 56 valence electrons. The Kier molecular flexibility index (Phi) is 2.65. The topological polar surface area (TPSA) is 40.5 Å². The van der Waals surface area contributed by atoms with E-state index in [4.69, 9.17) is 5.11 Å². The standard InChI is InChI=1S/C7H16O2/c1-5(8)6(9)7(2,3)4/h5-6,8-9H,1-4H3/t5-,6+/m1/s1. The van der Waals surface area contributed by atoms with Gasteiger partial charge < -0.3 is 10.2 Å². The zero-order valence-corrected chi connectivity index (χ0v) is 6.55. The van der Waals surface area contributed by atoms with Gasteiger partial charge in [0.15, 0.2) is 0 Å². The Morgan fingerprint density at radius 3 is 1.44 bits per heavy atom. The summed E-state index contributed by atoms with van der Waals surface area (Å²) in [6.07, 6.45) is -1.26. The summed E-state index contributed by atoms with van der Waals surface area (Å²) in [5.41, 5.74) is -0.214. The van der Waals surface area contributed by atoms with Crippen LogP contribution in [0.5, 0.6) is 0 Å². The SMILES string of the molecule is C[C@@H](O)[C@H](O)C(C)(C)C. The summed E-state index contributed by atoms with van der Waals surface area (Å²) in [6, 6.07) is 0. The molecule has 2 atom stereocenters. The molecule has 0 saturated heterocycles. The van der Waals surface area contributed by atoms with Crippen LogP contribution in [-0.4, -0.2) is 22.4 Å². The largest absolute Gasteiger partial charge is 0.391 e. The highest BCUT2D eigenvalue weighted by molar-refractivity contribution is 4.76. The summed E-state index contributed by atoms with van der Waals surface area (Å²) >= 11 is 0. The monoisotopic (exact) mass is 132 g/mol. The van der Waals surface area contributed by atoms with Gasteiger partial charge in [-0.2, -0.15) is 0 Å². The maximum atomic E-state index is 9.21. The zero-order valence-electron chi connectivity index (χ0n) is 6.55. The van der Waals surface area contributed by atoms with Gasteiger partial charge in [0.2, 0.25) is 0 Å². The second-order valence-corrected chi connectivity index (χ2v) is 3.55. The summed E-state index contributed by atoms with van der Waals surface area (Å²) in [4.78, 5) is 0. The number of hydrogen-bond donors (Lipinski definition) is 2. The molecule has 0 radical (unpaired) electrons. The van der Waals surface area contributed by atoms with E-state index in [1.54, 1.807) is 6.92 Å². The first kappa shape index (κ1) is 8.92. The number of aliphatic hydroxyl groups is 2. The highest BCUT2D eigenvalue weighted by Crippen LogP contribution is 2.21. The van der Waals surface area contributed by atoms with Crippen LogP contribution in [0.4, 0.5) is 0 Å². The molecule has 0 aromatic heterocycles. The van der Waals surface area contributed by atoms with E-state index in [9.17, 15) is 5.11 Å². The molecule has 0 aliphatic rings. The molecule has 0 aliphatic carbocycles. The Bertz CT molecular complexity index is 81.4. The van der Waals surface area contributed by atoms with Crippen LogP contribution in [0.15, 0.2) is 0 Å². The van der Waals surface area contributed by atoms with Gasteiger partial charge in [0.1, 0.15) is 0 Å². The van der Waals surface area contributed by atoms with E-state index in [1.807, 2.05) is 20.8 Å². The van der Waals surface area contributed by atoms with Crippen molar-refractivity contribution >= 4 is 0 Å². The third-order valence-corrected chi connectivity index (χ3v) is 1.34. The van der Waals surface area contributed by atoms with Gasteiger partial charge in [-0.15, -0.1) is 0 Å². The Labute approximate surface area is 56.5 Å². The number of hydrogen-bond acceptors (Lipinski definition) is 2. The van der Waals surface area contributed by atoms with Crippen LogP contribution in [-0.2, 0) is 0 Å². The molecule has 0 bridgehead atoms. The van der Waals surface area contributed by atoms with Crippen molar-refractivity contribution in [3.63, 3.8) is 0 Å². The van der Waals surface area contributed by atoms with E-state index < -0.39 is 12.2 Å². The van der Waals surface area contributed by atoms with Crippen LogP contribution in [0.25, 0.3) is 0 Å². The maximum absolute atomic E-state index is 9.21. The van der Waals surface area contributed by atoms with Gasteiger partial charge in [0.05, 0.1) is 12.2 Å². The molecule has 2 N–H and O–H groups in total. The Balaban J connectivity index is 3.88. The van der Waals surface area contributed by atoms with Crippen molar-refractivity contribution in [2.75, 3.05) is 0 Å². The van der Waals surface area contributed by atoms with Gasteiger partial charge >= 0.3 is 0 Å². The first-order valence-corrected chi connectivity index (χ1v) is 3.22. The van der Waals surface area contributed by atoms with Crippen molar-refractivity contribution in [3.05, 3.63) is 0 Å². The molecular formula is C7H16O2. The smallest absolute Gasteiger partial charge is 0.0844 e. The van der Waals surface area contributed by atoms with Crippen molar-refractivity contribution < 1.29 is 10.2 Å². The van der Waals surface area contributed by atoms with Crippen LogP contribution in [0.3, 0.4) is 0 Å². The summed E-state index contributed by atoms with van der Waals surface area (Å²) < 4.78 is 0. The third kappa shape index (κ3) is 2.82. The second-order valence-electron chi connectivity index (χ2n) is 3.55. The minimum atomic E-state index is -0.634. The predicted octanol–water partition coefficient (Wildman–Crippen LogP) is 0.774. The Hall–Kier alpha value is -0.0800. The van der Waals surface area contributed by atoms with E-state index >= 15 is 0 Å². The van der Waals surface area contributed by atoms with Crippen molar-refractivity contribution in [1.29, 1.82) is 0 Å². The first-order valence-electron chi connectivity index (χ1n) is 3.22. The fraction of sp³-hybridized carbons (Fsp3) is 1.00. The van der Waals surface area contributed by atoms with Gasteiger partial charge in [-0.25, -0.2) is 0 Å². The van der Waals surface area contributed by atoms with Crippen LogP contribution in [0.2, 0.25) is 0 Å². The number of rotatable bonds is 1. The molecule has 0 unspecified atom stereocenters. The lowest BCUT2D eigenvalue weighted by molar-refractivity contribution is -0.0350. The van der Waals surface area contributed by atoms with Crippen LogP contribution in [0.1, 0.15) is 27.7 Å². The van der Waals surface area contributed by atoms with Crippen molar-refractivity contribution in [2.45, 2.75) is 39.9 Å². The average molecular weight is 132 g/mol.